The summed E-state index contributed by atoms with van der Waals surface area (Å²) in [4.78, 5) is 4.60. The molecule has 3 nitrogen and oxygen atoms in total. The van der Waals surface area contributed by atoms with E-state index in [0.717, 1.165) is 40.1 Å². The van der Waals surface area contributed by atoms with Gasteiger partial charge in [-0.2, -0.15) is 0 Å². The van der Waals surface area contributed by atoms with Gasteiger partial charge in [-0.15, -0.1) is 0 Å². The average Bonchev–Trinajstić information content (AvgIpc) is 2.30. The van der Waals surface area contributed by atoms with E-state index < -0.39 is 0 Å². The minimum atomic E-state index is 0.875. The Kier molecular flexibility index (Phi) is 3.18. The van der Waals surface area contributed by atoms with Gasteiger partial charge in [0.15, 0.2) is 0 Å². The first-order valence-corrected chi connectivity index (χ1v) is 5.85. The summed E-state index contributed by atoms with van der Waals surface area (Å²) >= 11 is 0. The second-order valence-corrected chi connectivity index (χ2v) is 4.18. The van der Waals surface area contributed by atoms with Crippen LogP contribution in [0, 0.1) is 13.8 Å². The quantitative estimate of drug-likeness (QED) is 0.878. The molecule has 0 fully saturated rings. The van der Waals surface area contributed by atoms with Crippen LogP contribution in [0.15, 0.2) is 18.2 Å². The molecule has 0 saturated heterocycles. The minimum Gasteiger partial charge on any atom is -0.497 e. The van der Waals surface area contributed by atoms with Crippen molar-refractivity contribution >= 4 is 16.6 Å². The lowest BCUT2D eigenvalue weighted by molar-refractivity contribution is 0.415. The largest absolute Gasteiger partial charge is 0.497 e. The number of anilines is 1. The first-order chi connectivity index (χ1) is 8.15. The SMILES string of the molecule is CCNc1cc(C)nc2c(C)cc(OC)cc12. The number of ether oxygens (including phenoxy) is 1. The number of nitrogens with zero attached hydrogens (tertiary/aromatic N) is 1. The van der Waals surface area contributed by atoms with Gasteiger partial charge in [-0.25, -0.2) is 0 Å². The van der Waals surface area contributed by atoms with E-state index in [9.17, 15) is 0 Å². The molecule has 0 bridgehead atoms. The van der Waals surface area contributed by atoms with Crippen LogP contribution in [0.2, 0.25) is 0 Å². The number of nitrogens with one attached hydrogen (secondary N) is 1. The number of hydrogen-bond donors (Lipinski definition) is 1. The van der Waals surface area contributed by atoms with Crippen molar-refractivity contribution in [2.75, 3.05) is 19.0 Å². The van der Waals surface area contributed by atoms with E-state index >= 15 is 0 Å². The number of hydrogen-bond acceptors (Lipinski definition) is 3. The number of fused-ring (bicyclic) bond motifs is 1. The first kappa shape index (κ1) is 11.7. The lowest BCUT2D eigenvalue weighted by Gasteiger charge is -2.12. The Balaban J connectivity index is 2.75. The Morgan fingerprint density at radius 2 is 2.00 bits per heavy atom. The predicted molar refractivity (Wildman–Crippen MR) is 71.9 cm³/mol. The number of benzene rings is 1. The zero-order valence-corrected chi connectivity index (χ0v) is 10.8. The molecular weight excluding hydrogens is 212 g/mol. The highest BCUT2D eigenvalue weighted by atomic mass is 16.5. The van der Waals surface area contributed by atoms with Gasteiger partial charge in [0.2, 0.25) is 0 Å². The lowest BCUT2D eigenvalue weighted by atomic mass is 10.1. The Bertz CT molecular complexity index is 549. The van der Waals surface area contributed by atoms with E-state index in [-0.39, 0.29) is 0 Å². The smallest absolute Gasteiger partial charge is 0.119 e. The summed E-state index contributed by atoms with van der Waals surface area (Å²) in [5.41, 5.74) is 4.34. The zero-order chi connectivity index (χ0) is 12.4. The molecule has 1 aromatic heterocycles. The average molecular weight is 230 g/mol. The van der Waals surface area contributed by atoms with Crippen LogP contribution in [-0.4, -0.2) is 18.6 Å². The minimum absolute atomic E-state index is 0.875. The highest BCUT2D eigenvalue weighted by molar-refractivity contribution is 5.94. The molecule has 2 rings (SSSR count). The van der Waals surface area contributed by atoms with E-state index in [4.69, 9.17) is 4.74 Å². The predicted octanol–water partition coefficient (Wildman–Crippen LogP) is 3.29. The first-order valence-electron chi connectivity index (χ1n) is 5.85. The van der Waals surface area contributed by atoms with Crippen LogP contribution in [0.5, 0.6) is 5.75 Å². The monoisotopic (exact) mass is 230 g/mol. The molecule has 1 N–H and O–H groups in total. The van der Waals surface area contributed by atoms with Gasteiger partial charge in [-0.05, 0) is 44.5 Å². The molecule has 2 aromatic rings. The standard InChI is InChI=1S/C14H18N2O/c1-5-15-13-7-10(3)16-14-9(2)6-11(17-4)8-12(13)14/h6-8H,5H2,1-4H3,(H,15,16). The van der Waals surface area contributed by atoms with Crippen LogP contribution in [0.1, 0.15) is 18.2 Å². The molecule has 0 aliphatic heterocycles. The maximum Gasteiger partial charge on any atom is 0.119 e. The van der Waals surface area contributed by atoms with Crippen molar-refractivity contribution in [3.05, 3.63) is 29.5 Å². The van der Waals surface area contributed by atoms with Gasteiger partial charge in [0, 0.05) is 23.3 Å². The van der Waals surface area contributed by atoms with Crippen molar-refractivity contribution in [3.8, 4) is 5.75 Å². The summed E-state index contributed by atoms with van der Waals surface area (Å²) < 4.78 is 5.31. The van der Waals surface area contributed by atoms with Gasteiger partial charge >= 0.3 is 0 Å². The van der Waals surface area contributed by atoms with E-state index in [1.54, 1.807) is 7.11 Å². The van der Waals surface area contributed by atoms with Crippen molar-refractivity contribution < 1.29 is 4.74 Å². The van der Waals surface area contributed by atoms with Crippen molar-refractivity contribution in [2.45, 2.75) is 20.8 Å². The Labute approximate surface area is 102 Å². The highest BCUT2D eigenvalue weighted by Crippen LogP contribution is 2.29. The molecule has 0 radical (unpaired) electrons. The fourth-order valence-corrected chi connectivity index (χ4v) is 2.05. The molecular formula is C14H18N2O. The fourth-order valence-electron chi connectivity index (χ4n) is 2.05. The van der Waals surface area contributed by atoms with Crippen LogP contribution in [0.3, 0.4) is 0 Å². The summed E-state index contributed by atoms with van der Waals surface area (Å²) in [6.45, 7) is 7.07. The Morgan fingerprint density at radius 1 is 1.24 bits per heavy atom. The summed E-state index contributed by atoms with van der Waals surface area (Å²) in [5.74, 6) is 0.875. The van der Waals surface area contributed by atoms with Crippen molar-refractivity contribution in [3.63, 3.8) is 0 Å². The van der Waals surface area contributed by atoms with Crippen LogP contribution >= 0.6 is 0 Å². The van der Waals surface area contributed by atoms with Gasteiger partial charge < -0.3 is 10.1 Å². The van der Waals surface area contributed by atoms with Crippen LogP contribution in [0.4, 0.5) is 5.69 Å². The van der Waals surface area contributed by atoms with Crippen LogP contribution in [0.25, 0.3) is 10.9 Å². The Hall–Kier alpha value is -1.77. The van der Waals surface area contributed by atoms with Gasteiger partial charge in [0.1, 0.15) is 5.75 Å². The summed E-state index contributed by atoms with van der Waals surface area (Å²) in [5, 5.41) is 4.49. The molecule has 3 heteroatoms. The van der Waals surface area contributed by atoms with Gasteiger partial charge in [0.25, 0.3) is 0 Å². The fraction of sp³-hybridized carbons (Fsp3) is 0.357. The topological polar surface area (TPSA) is 34.2 Å². The van der Waals surface area contributed by atoms with Gasteiger partial charge in [0.05, 0.1) is 12.6 Å². The van der Waals surface area contributed by atoms with Crippen molar-refractivity contribution in [1.82, 2.24) is 4.98 Å². The third-order valence-electron chi connectivity index (χ3n) is 2.81. The molecule has 90 valence electrons. The molecule has 1 heterocycles. The third-order valence-corrected chi connectivity index (χ3v) is 2.81. The third kappa shape index (κ3) is 2.18. The van der Waals surface area contributed by atoms with Crippen molar-refractivity contribution in [2.24, 2.45) is 0 Å². The van der Waals surface area contributed by atoms with Crippen LogP contribution in [-0.2, 0) is 0 Å². The molecule has 0 unspecified atom stereocenters. The number of aromatic nitrogens is 1. The lowest BCUT2D eigenvalue weighted by Crippen LogP contribution is -2.00. The molecule has 0 spiro atoms. The summed E-state index contributed by atoms with van der Waals surface area (Å²) in [7, 11) is 1.69. The number of methoxy groups -OCH3 is 1. The summed E-state index contributed by atoms with van der Waals surface area (Å²) in [6.07, 6.45) is 0. The molecule has 1 aromatic carbocycles. The van der Waals surface area contributed by atoms with Gasteiger partial charge in [-0.1, -0.05) is 0 Å². The second-order valence-electron chi connectivity index (χ2n) is 4.18. The number of pyridine rings is 1. The van der Waals surface area contributed by atoms with Crippen LogP contribution < -0.4 is 10.1 Å². The Morgan fingerprint density at radius 3 is 2.65 bits per heavy atom. The maximum atomic E-state index is 5.31. The molecule has 0 aliphatic rings. The summed E-state index contributed by atoms with van der Waals surface area (Å²) in [6, 6.07) is 6.13. The molecule has 0 aliphatic carbocycles. The van der Waals surface area contributed by atoms with Gasteiger partial charge in [-0.3, -0.25) is 4.98 Å². The molecule has 17 heavy (non-hydrogen) atoms. The zero-order valence-electron chi connectivity index (χ0n) is 10.8. The maximum absolute atomic E-state index is 5.31. The molecule has 0 atom stereocenters. The van der Waals surface area contributed by atoms with E-state index in [0.29, 0.717) is 0 Å². The number of rotatable bonds is 3. The number of aryl methyl sites for hydroxylation is 2. The van der Waals surface area contributed by atoms with Crippen molar-refractivity contribution in [1.29, 1.82) is 0 Å². The normalized spacial score (nSPS) is 10.6. The highest BCUT2D eigenvalue weighted by Gasteiger charge is 2.08. The van der Waals surface area contributed by atoms with E-state index in [1.165, 1.54) is 0 Å². The van der Waals surface area contributed by atoms with E-state index in [1.807, 2.05) is 19.1 Å². The molecule has 0 amide bonds. The van der Waals surface area contributed by atoms with E-state index in [2.05, 4.69) is 30.2 Å². The molecule has 0 saturated carbocycles. The second kappa shape index (κ2) is 4.62.